The largest absolute Gasteiger partial charge is 0.431 e. The number of ether oxygens (including phenoxy) is 2. The molecule has 5 heteroatoms. The molecule has 0 heterocycles. The summed E-state index contributed by atoms with van der Waals surface area (Å²) >= 11 is 0. The van der Waals surface area contributed by atoms with Gasteiger partial charge in [-0.05, 0) is 32.4 Å². The first-order valence-electron chi connectivity index (χ1n) is 10.8. The second kappa shape index (κ2) is 12.0. The van der Waals surface area contributed by atoms with Crippen LogP contribution in [0.5, 0.6) is 0 Å². The number of carbonyl (C=O) groups is 2. The Morgan fingerprint density at radius 2 is 1.47 bits per heavy atom. The molecule has 1 aromatic carbocycles. The highest BCUT2D eigenvalue weighted by Gasteiger charge is 2.37. The first-order valence-corrected chi connectivity index (χ1v) is 10.8. The summed E-state index contributed by atoms with van der Waals surface area (Å²) in [5.74, 6) is -1.51. The van der Waals surface area contributed by atoms with Crippen LogP contribution in [0, 0.1) is 23.7 Å². The van der Waals surface area contributed by atoms with Crippen molar-refractivity contribution in [2.24, 2.45) is 23.7 Å². The van der Waals surface area contributed by atoms with E-state index in [1.807, 2.05) is 58.0 Å². The van der Waals surface area contributed by atoms with Crippen molar-refractivity contribution in [1.29, 1.82) is 0 Å². The van der Waals surface area contributed by atoms with Gasteiger partial charge < -0.3 is 14.6 Å². The van der Waals surface area contributed by atoms with Crippen molar-refractivity contribution in [3.8, 4) is 0 Å². The molecule has 1 aromatic rings. The Balaban J connectivity index is 3.20. The summed E-state index contributed by atoms with van der Waals surface area (Å²) in [5, 5.41) is 9.91. The van der Waals surface area contributed by atoms with Crippen molar-refractivity contribution in [2.75, 3.05) is 0 Å². The standard InChI is InChI=1S/C25H38O5/c1-9-22(30-25(28)15(2)3)17(5)24(18(6)23(27)16(4)19(7)26)29-20(8)21-13-11-10-12-14-21/h9-20,24,26H,1-8H3/b22-9-/t16-,17+,18+,19+,20-,24+/m0/s1. The number of rotatable bonds is 11. The number of benzene rings is 1. The Kier molecular flexibility index (Phi) is 10.4. The fourth-order valence-corrected chi connectivity index (χ4v) is 3.33. The second-order valence-electron chi connectivity index (χ2n) is 8.43. The van der Waals surface area contributed by atoms with E-state index in [1.165, 1.54) is 0 Å². The molecule has 0 aliphatic heterocycles. The zero-order valence-electron chi connectivity index (χ0n) is 19.6. The summed E-state index contributed by atoms with van der Waals surface area (Å²) in [6.45, 7) is 14.4. The summed E-state index contributed by atoms with van der Waals surface area (Å²) in [6.07, 6.45) is 0.223. The lowest BCUT2D eigenvalue weighted by atomic mass is 9.83. The highest BCUT2D eigenvalue weighted by Crippen LogP contribution is 2.32. The van der Waals surface area contributed by atoms with E-state index in [-0.39, 0.29) is 29.7 Å². The van der Waals surface area contributed by atoms with Crippen molar-refractivity contribution in [3.63, 3.8) is 0 Å². The first kappa shape index (κ1) is 26.1. The fraction of sp³-hybridized carbons (Fsp3) is 0.600. The van der Waals surface area contributed by atoms with Crippen LogP contribution in [0.4, 0.5) is 0 Å². The third-order valence-electron chi connectivity index (χ3n) is 5.66. The number of aliphatic hydroxyl groups excluding tert-OH is 1. The van der Waals surface area contributed by atoms with Gasteiger partial charge in [0.25, 0.3) is 0 Å². The van der Waals surface area contributed by atoms with E-state index in [0.717, 1.165) is 5.56 Å². The highest BCUT2D eigenvalue weighted by atomic mass is 16.5. The Morgan fingerprint density at radius 3 is 1.93 bits per heavy atom. The van der Waals surface area contributed by atoms with E-state index in [9.17, 15) is 14.7 Å². The van der Waals surface area contributed by atoms with Crippen LogP contribution in [0.15, 0.2) is 42.2 Å². The maximum absolute atomic E-state index is 13.0. The van der Waals surface area contributed by atoms with Gasteiger partial charge in [0.1, 0.15) is 11.5 Å². The minimum atomic E-state index is -0.748. The Morgan fingerprint density at radius 1 is 0.900 bits per heavy atom. The van der Waals surface area contributed by atoms with Crippen LogP contribution in [-0.2, 0) is 19.1 Å². The topological polar surface area (TPSA) is 72.8 Å². The highest BCUT2D eigenvalue weighted by molar-refractivity contribution is 5.84. The normalized spacial score (nSPS) is 18.3. The number of hydrogen-bond donors (Lipinski definition) is 1. The molecule has 0 saturated carbocycles. The molecule has 0 aromatic heterocycles. The molecule has 168 valence electrons. The van der Waals surface area contributed by atoms with Gasteiger partial charge in [0.05, 0.1) is 24.2 Å². The molecule has 0 bridgehead atoms. The quantitative estimate of drug-likeness (QED) is 0.400. The number of carbonyl (C=O) groups excluding carboxylic acids is 2. The Bertz CT molecular complexity index is 708. The predicted molar refractivity (Wildman–Crippen MR) is 119 cm³/mol. The summed E-state index contributed by atoms with van der Waals surface area (Å²) in [7, 11) is 0. The minimum absolute atomic E-state index is 0.0762. The maximum atomic E-state index is 13.0. The Labute approximate surface area is 181 Å². The summed E-state index contributed by atoms with van der Waals surface area (Å²) in [4.78, 5) is 25.2. The monoisotopic (exact) mass is 418 g/mol. The summed E-state index contributed by atoms with van der Waals surface area (Å²) < 4.78 is 12.0. The predicted octanol–water partition coefficient (Wildman–Crippen LogP) is 5.09. The molecule has 0 aliphatic carbocycles. The first-order chi connectivity index (χ1) is 14.0. The fourth-order valence-electron chi connectivity index (χ4n) is 3.33. The van der Waals surface area contributed by atoms with E-state index < -0.39 is 24.0 Å². The molecule has 30 heavy (non-hydrogen) atoms. The molecule has 0 saturated heterocycles. The average Bonchev–Trinajstić information content (AvgIpc) is 2.73. The number of aliphatic hydroxyl groups is 1. The van der Waals surface area contributed by atoms with Gasteiger partial charge in [-0.25, -0.2) is 0 Å². The molecule has 5 nitrogen and oxygen atoms in total. The van der Waals surface area contributed by atoms with Crippen molar-refractivity contribution >= 4 is 11.8 Å². The zero-order valence-corrected chi connectivity index (χ0v) is 19.6. The molecule has 0 radical (unpaired) electrons. The molecule has 0 aliphatic rings. The summed E-state index contributed by atoms with van der Waals surface area (Å²) in [6, 6.07) is 9.79. The van der Waals surface area contributed by atoms with Crippen LogP contribution in [0.25, 0.3) is 0 Å². The molecular weight excluding hydrogens is 380 g/mol. The van der Waals surface area contributed by atoms with Gasteiger partial charge in [-0.1, -0.05) is 65.0 Å². The van der Waals surface area contributed by atoms with E-state index in [1.54, 1.807) is 33.8 Å². The molecule has 0 unspecified atom stereocenters. The number of ketones is 1. The maximum Gasteiger partial charge on any atom is 0.313 e. The molecule has 0 fully saturated rings. The van der Waals surface area contributed by atoms with Crippen molar-refractivity contribution in [3.05, 3.63) is 47.7 Å². The van der Waals surface area contributed by atoms with Crippen molar-refractivity contribution in [1.82, 2.24) is 0 Å². The third-order valence-corrected chi connectivity index (χ3v) is 5.66. The molecular formula is C25H38O5. The summed E-state index contributed by atoms with van der Waals surface area (Å²) in [5.41, 5.74) is 0.999. The lowest BCUT2D eigenvalue weighted by Crippen LogP contribution is -2.40. The average molecular weight is 419 g/mol. The van der Waals surface area contributed by atoms with Crippen LogP contribution in [0.2, 0.25) is 0 Å². The smallest absolute Gasteiger partial charge is 0.313 e. The number of hydrogen-bond acceptors (Lipinski definition) is 5. The van der Waals surface area contributed by atoms with Gasteiger partial charge in [0, 0.05) is 17.8 Å². The van der Waals surface area contributed by atoms with Gasteiger partial charge in [0.15, 0.2) is 0 Å². The van der Waals surface area contributed by atoms with E-state index in [2.05, 4.69) is 0 Å². The van der Waals surface area contributed by atoms with Crippen LogP contribution in [0.1, 0.15) is 67.1 Å². The van der Waals surface area contributed by atoms with Gasteiger partial charge >= 0.3 is 5.97 Å². The SMILES string of the molecule is C/C=C(\OC(=O)C(C)C)[C@@H](C)[C@@H](O[C@@H](C)c1ccccc1)[C@H](C)C(=O)[C@@H](C)[C@@H](C)O. The van der Waals surface area contributed by atoms with E-state index in [0.29, 0.717) is 5.76 Å². The number of allylic oxidation sites excluding steroid dienone is 1. The van der Waals surface area contributed by atoms with Crippen LogP contribution < -0.4 is 0 Å². The van der Waals surface area contributed by atoms with E-state index in [4.69, 9.17) is 9.47 Å². The zero-order chi connectivity index (χ0) is 23.0. The lowest BCUT2D eigenvalue weighted by molar-refractivity contribution is -0.146. The molecule has 0 amide bonds. The van der Waals surface area contributed by atoms with E-state index >= 15 is 0 Å². The van der Waals surface area contributed by atoms with Gasteiger partial charge in [-0.15, -0.1) is 0 Å². The molecule has 6 atom stereocenters. The number of Topliss-reactive ketones (excluding diaryl/α,β-unsaturated/α-hetero) is 1. The molecule has 0 spiro atoms. The molecule has 1 N–H and O–H groups in total. The lowest BCUT2D eigenvalue weighted by Gasteiger charge is -2.34. The second-order valence-corrected chi connectivity index (χ2v) is 8.43. The van der Waals surface area contributed by atoms with Gasteiger partial charge in [0.2, 0.25) is 0 Å². The number of esters is 1. The van der Waals surface area contributed by atoms with Crippen molar-refractivity contribution in [2.45, 2.75) is 73.7 Å². The molecule has 1 rings (SSSR count). The van der Waals surface area contributed by atoms with Crippen LogP contribution in [-0.4, -0.2) is 29.1 Å². The van der Waals surface area contributed by atoms with Crippen molar-refractivity contribution < 1.29 is 24.2 Å². The van der Waals surface area contributed by atoms with Crippen LogP contribution >= 0.6 is 0 Å². The van der Waals surface area contributed by atoms with Gasteiger partial charge in [-0.3, -0.25) is 9.59 Å². The third kappa shape index (κ3) is 7.06. The Hall–Kier alpha value is -1.98. The van der Waals surface area contributed by atoms with Gasteiger partial charge in [-0.2, -0.15) is 0 Å². The minimum Gasteiger partial charge on any atom is -0.431 e. The van der Waals surface area contributed by atoms with Crippen LogP contribution in [0.3, 0.4) is 0 Å².